The molecule has 0 aliphatic carbocycles. The molecular weight excluding hydrogens is 184 g/mol. The quantitative estimate of drug-likeness (QED) is 0.547. The van der Waals surface area contributed by atoms with E-state index in [0.717, 1.165) is 6.20 Å². The van der Waals surface area contributed by atoms with E-state index in [1.54, 1.807) is 0 Å². The molecule has 1 aromatic heterocycles. The molecule has 1 heterocycles. The van der Waals surface area contributed by atoms with E-state index in [1.807, 2.05) is 13.8 Å². The van der Waals surface area contributed by atoms with Crippen molar-refractivity contribution in [3.05, 3.63) is 21.9 Å². The van der Waals surface area contributed by atoms with Crippen LogP contribution in [0.3, 0.4) is 0 Å². The van der Waals surface area contributed by atoms with Crippen molar-refractivity contribution in [2.45, 2.75) is 19.8 Å². The molecule has 0 radical (unpaired) electrons. The predicted molar refractivity (Wildman–Crippen MR) is 53.8 cm³/mol. The molecule has 0 aliphatic heterocycles. The summed E-state index contributed by atoms with van der Waals surface area (Å²) in [6.07, 6.45) is 1.14. The van der Waals surface area contributed by atoms with E-state index in [0.29, 0.717) is 5.56 Å². The van der Waals surface area contributed by atoms with Crippen LogP contribution in [0, 0.1) is 10.1 Å². The van der Waals surface area contributed by atoms with Gasteiger partial charge >= 0.3 is 0 Å². The number of hydrogen-bond acceptors (Lipinski definition) is 5. The van der Waals surface area contributed by atoms with Gasteiger partial charge in [-0.1, -0.05) is 13.8 Å². The Hall–Kier alpha value is -1.85. The molecule has 0 fully saturated rings. The van der Waals surface area contributed by atoms with E-state index < -0.39 is 4.92 Å². The summed E-state index contributed by atoms with van der Waals surface area (Å²) in [5.74, 6) is 0.0833. The number of hydrogen-bond donors (Lipinski definition) is 2. The molecule has 6 heteroatoms. The standard InChI is InChI=1S/C8H12N4O2/c1-4(2)6-5(12(13)14)3-11-8(10)7(6)9/h3-4H,9H2,1-2H3,(H2,10,11). The molecule has 0 aromatic carbocycles. The second-order valence-corrected chi connectivity index (χ2v) is 3.27. The maximum atomic E-state index is 10.7. The van der Waals surface area contributed by atoms with Gasteiger partial charge in [-0.05, 0) is 5.92 Å². The van der Waals surface area contributed by atoms with Gasteiger partial charge in [-0.3, -0.25) is 10.1 Å². The van der Waals surface area contributed by atoms with Gasteiger partial charge in [0.05, 0.1) is 16.2 Å². The fraction of sp³-hybridized carbons (Fsp3) is 0.375. The predicted octanol–water partition coefficient (Wildman–Crippen LogP) is 1.28. The van der Waals surface area contributed by atoms with Crippen molar-refractivity contribution >= 4 is 17.2 Å². The molecular formula is C8H12N4O2. The first kappa shape index (κ1) is 10.2. The van der Waals surface area contributed by atoms with Crippen molar-refractivity contribution in [3.8, 4) is 0 Å². The summed E-state index contributed by atoms with van der Waals surface area (Å²) in [5.41, 5.74) is 11.7. The Morgan fingerprint density at radius 2 is 2.07 bits per heavy atom. The second kappa shape index (κ2) is 3.49. The van der Waals surface area contributed by atoms with E-state index in [4.69, 9.17) is 11.5 Å². The minimum atomic E-state index is -0.502. The summed E-state index contributed by atoms with van der Waals surface area (Å²) < 4.78 is 0. The Morgan fingerprint density at radius 1 is 1.50 bits per heavy atom. The summed E-state index contributed by atoms with van der Waals surface area (Å²) >= 11 is 0. The molecule has 0 saturated heterocycles. The Bertz CT molecular complexity index is 376. The molecule has 0 spiro atoms. The highest BCUT2D eigenvalue weighted by Crippen LogP contribution is 2.33. The summed E-state index contributed by atoms with van der Waals surface area (Å²) in [6.45, 7) is 3.64. The van der Waals surface area contributed by atoms with Crippen LogP contribution in [-0.2, 0) is 0 Å². The normalized spacial score (nSPS) is 10.5. The smallest absolute Gasteiger partial charge is 0.293 e. The number of rotatable bonds is 2. The maximum Gasteiger partial charge on any atom is 0.293 e. The monoisotopic (exact) mass is 196 g/mol. The lowest BCUT2D eigenvalue weighted by atomic mass is 10.0. The molecule has 76 valence electrons. The van der Waals surface area contributed by atoms with Crippen LogP contribution in [0.4, 0.5) is 17.2 Å². The Balaban J connectivity index is 3.45. The molecule has 1 rings (SSSR count). The molecule has 0 saturated carbocycles. The van der Waals surface area contributed by atoms with Crippen molar-refractivity contribution < 1.29 is 4.92 Å². The van der Waals surface area contributed by atoms with Crippen LogP contribution in [0.1, 0.15) is 25.3 Å². The van der Waals surface area contributed by atoms with Gasteiger partial charge in [-0.15, -0.1) is 0 Å². The number of nitrogens with two attached hydrogens (primary N) is 2. The Morgan fingerprint density at radius 3 is 2.50 bits per heavy atom. The number of nitrogen functional groups attached to an aromatic ring is 2. The topological polar surface area (TPSA) is 108 Å². The van der Waals surface area contributed by atoms with Crippen LogP contribution < -0.4 is 11.5 Å². The fourth-order valence-electron chi connectivity index (χ4n) is 1.30. The first-order valence-corrected chi connectivity index (χ1v) is 4.13. The van der Waals surface area contributed by atoms with E-state index in [2.05, 4.69) is 4.98 Å². The first-order valence-electron chi connectivity index (χ1n) is 4.13. The third-order valence-corrected chi connectivity index (χ3v) is 1.94. The molecule has 6 nitrogen and oxygen atoms in total. The van der Waals surface area contributed by atoms with Crippen LogP contribution in [0.25, 0.3) is 0 Å². The van der Waals surface area contributed by atoms with Gasteiger partial charge in [0.25, 0.3) is 5.69 Å². The molecule has 0 bridgehead atoms. The van der Waals surface area contributed by atoms with Crippen LogP contribution in [0.15, 0.2) is 6.20 Å². The summed E-state index contributed by atoms with van der Waals surface area (Å²) in [4.78, 5) is 13.8. The van der Waals surface area contributed by atoms with Gasteiger partial charge in [-0.25, -0.2) is 4.98 Å². The molecule has 0 unspecified atom stereocenters. The highest BCUT2D eigenvalue weighted by molar-refractivity contribution is 5.69. The summed E-state index contributed by atoms with van der Waals surface area (Å²) in [6, 6.07) is 0. The first-order chi connectivity index (χ1) is 6.45. The zero-order chi connectivity index (χ0) is 10.9. The average Bonchev–Trinajstić information content (AvgIpc) is 2.08. The molecule has 0 amide bonds. The fourth-order valence-corrected chi connectivity index (χ4v) is 1.30. The lowest BCUT2D eigenvalue weighted by molar-refractivity contribution is -0.385. The van der Waals surface area contributed by atoms with Gasteiger partial charge in [0, 0.05) is 0 Å². The van der Waals surface area contributed by atoms with E-state index in [9.17, 15) is 10.1 Å². The van der Waals surface area contributed by atoms with Crippen molar-refractivity contribution in [3.63, 3.8) is 0 Å². The minimum absolute atomic E-state index is 0.0549. The van der Waals surface area contributed by atoms with E-state index in [-0.39, 0.29) is 23.1 Å². The summed E-state index contributed by atoms with van der Waals surface area (Å²) in [7, 11) is 0. The largest absolute Gasteiger partial charge is 0.395 e. The average molecular weight is 196 g/mol. The lowest BCUT2D eigenvalue weighted by Gasteiger charge is -2.10. The Labute approximate surface area is 81.1 Å². The highest BCUT2D eigenvalue weighted by atomic mass is 16.6. The van der Waals surface area contributed by atoms with Gasteiger partial charge < -0.3 is 11.5 Å². The molecule has 14 heavy (non-hydrogen) atoms. The van der Waals surface area contributed by atoms with Gasteiger partial charge in [-0.2, -0.15) is 0 Å². The zero-order valence-corrected chi connectivity index (χ0v) is 8.02. The summed E-state index contributed by atoms with van der Waals surface area (Å²) in [5, 5.41) is 10.7. The molecule has 0 atom stereocenters. The molecule has 4 N–H and O–H groups in total. The highest BCUT2D eigenvalue weighted by Gasteiger charge is 2.21. The number of anilines is 2. The van der Waals surface area contributed by atoms with Crippen LogP contribution in [0.2, 0.25) is 0 Å². The van der Waals surface area contributed by atoms with Crippen LogP contribution >= 0.6 is 0 Å². The van der Waals surface area contributed by atoms with Gasteiger partial charge in [0.2, 0.25) is 0 Å². The van der Waals surface area contributed by atoms with Crippen molar-refractivity contribution in [2.24, 2.45) is 0 Å². The maximum absolute atomic E-state index is 10.7. The van der Waals surface area contributed by atoms with E-state index >= 15 is 0 Å². The minimum Gasteiger partial charge on any atom is -0.395 e. The number of nitro groups is 1. The Kier molecular flexibility index (Phi) is 2.55. The van der Waals surface area contributed by atoms with Crippen molar-refractivity contribution in [2.75, 3.05) is 11.5 Å². The zero-order valence-electron chi connectivity index (χ0n) is 8.02. The number of aromatic nitrogens is 1. The van der Waals surface area contributed by atoms with Gasteiger partial charge in [0.15, 0.2) is 0 Å². The lowest BCUT2D eigenvalue weighted by Crippen LogP contribution is -2.07. The van der Waals surface area contributed by atoms with Crippen molar-refractivity contribution in [1.29, 1.82) is 0 Å². The number of pyridine rings is 1. The van der Waals surface area contributed by atoms with Crippen LogP contribution in [0.5, 0.6) is 0 Å². The van der Waals surface area contributed by atoms with Crippen molar-refractivity contribution in [1.82, 2.24) is 4.98 Å². The van der Waals surface area contributed by atoms with Gasteiger partial charge in [0.1, 0.15) is 12.0 Å². The molecule has 1 aromatic rings. The third kappa shape index (κ3) is 1.59. The molecule has 0 aliphatic rings. The van der Waals surface area contributed by atoms with Crippen LogP contribution in [-0.4, -0.2) is 9.91 Å². The van der Waals surface area contributed by atoms with E-state index in [1.165, 1.54) is 0 Å². The third-order valence-electron chi connectivity index (χ3n) is 1.94. The second-order valence-electron chi connectivity index (χ2n) is 3.27. The SMILES string of the molecule is CC(C)c1c([N+](=O)[O-])cnc(N)c1N. The number of nitrogens with zero attached hydrogens (tertiary/aromatic N) is 2.